The molecule has 1 N–H and O–H groups in total. The number of rotatable bonds is 6. The number of nitrogens with one attached hydrogen (secondary N) is 1. The van der Waals surface area contributed by atoms with Crippen LogP contribution >= 0.6 is 34.8 Å². The van der Waals surface area contributed by atoms with E-state index in [1.54, 1.807) is 12.1 Å². The van der Waals surface area contributed by atoms with E-state index in [0.717, 1.165) is 0 Å². The largest absolute Gasteiger partial charge is 0.479 e. The molecule has 0 aliphatic carbocycles. The van der Waals surface area contributed by atoms with Crippen LogP contribution in [0.25, 0.3) is 0 Å². The van der Waals surface area contributed by atoms with Gasteiger partial charge in [0.05, 0.1) is 16.2 Å². The Morgan fingerprint density at radius 3 is 2.62 bits per heavy atom. The first kappa shape index (κ1) is 20.0. The predicted molar refractivity (Wildman–Crippen MR) is 100 cm³/mol. The lowest BCUT2D eigenvalue weighted by molar-refractivity contribution is -0.384. The predicted octanol–water partition coefficient (Wildman–Crippen LogP) is 4.47. The lowest BCUT2D eigenvalue weighted by Gasteiger charge is -2.14. The lowest BCUT2D eigenvalue weighted by Crippen LogP contribution is -2.33. The molecule has 10 heteroatoms. The summed E-state index contributed by atoms with van der Waals surface area (Å²) in [6.45, 7) is 1.52. The zero-order valence-electron chi connectivity index (χ0n) is 13.3. The van der Waals surface area contributed by atoms with Crippen molar-refractivity contribution in [1.82, 2.24) is 5.43 Å². The third-order valence-corrected chi connectivity index (χ3v) is 3.97. The van der Waals surface area contributed by atoms with Crippen molar-refractivity contribution in [1.29, 1.82) is 0 Å². The van der Waals surface area contributed by atoms with Crippen LogP contribution in [0.15, 0.2) is 41.5 Å². The SMILES string of the molecule is CC(Oc1ccc(Cl)cc1Cl)C(=O)NN=Cc1ccc(Cl)c([N+](=O)[O-])c1. The maximum absolute atomic E-state index is 12.0. The van der Waals surface area contributed by atoms with Gasteiger partial charge >= 0.3 is 0 Å². The summed E-state index contributed by atoms with van der Waals surface area (Å²) >= 11 is 17.5. The maximum Gasteiger partial charge on any atom is 0.288 e. The first-order chi connectivity index (χ1) is 12.3. The number of carbonyl (C=O) groups is 1. The van der Waals surface area contributed by atoms with Crippen LogP contribution in [-0.2, 0) is 4.79 Å². The molecule has 0 aliphatic heterocycles. The van der Waals surface area contributed by atoms with E-state index in [2.05, 4.69) is 10.5 Å². The van der Waals surface area contributed by atoms with Crippen LogP contribution in [0.5, 0.6) is 5.75 Å². The number of benzene rings is 2. The Labute approximate surface area is 163 Å². The minimum atomic E-state index is -0.884. The molecule has 136 valence electrons. The number of amides is 1. The minimum absolute atomic E-state index is 0.0121. The van der Waals surface area contributed by atoms with E-state index < -0.39 is 16.9 Å². The second-order valence-corrected chi connectivity index (χ2v) is 6.29. The Kier molecular flexibility index (Phi) is 6.79. The highest BCUT2D eigenvalue weighted by molar-refractivity contribution is 6.35. The molecule has 0 saturated carbocycles. The second kappa shape index (κ2) is 8.84. The molecule has 0 fully saturated rings. The van der Waals surface area contributed by atoms with Gasteiger partial charge in [-0.15, -0.1) is 0 Å². The fourth-order valence-corrected chi connectivity index (χ4v) is 2.47. The Balaban J connectivity index is 1.98. The molecule has 1 unspecified atom stereocenters. The van der Waals surface area contributed by atoms with E-state index in [1.165, 1.54) is 37.4 Å². The van der Waals surface area contributed by atoms with Crippen LogP contribution in [0.4, 0.5) is 5.69 Å². The quantitative estimate of drug-likeness (QED) is 0.427. The average molecular weight is 417 g/mol. The molecule has 0 radical (unpaired) electrons. The third-order valence-electron chi connectivity index (χ3n) is 3.12. The Morgan fingerprint density at radius 2 is 1.96 bits per heavy atom. The molecule has 2 aromatic rings. The fourth-order valence-electron chi connectivity index (χ4n) is 1.83. The highest BCUT2D eigenvalue weighted by Crippen LogP contribution is 2.28. The molecule has 1 atom stereocenters. The number of carbonyl (C=O) groups excluding carboxylic acids is 1. The van der Waals surface area contributed by atoms with Crippen LogP contribution in [0.3, 0.4) is 0 Å². The zero-order valence-corrected chi connectivity index (χ0v) is 15.5. The molecule has 0 heterocycles. The topological polar surface area (TPSA) is 93.8 Å². The molecular formula is C16H12Cl3N3O4. The number of halogens is 3. The minimum Gasteiger partial charge on any atom is -0.479 e. The van der Waals surface area contributed by atoms with E-state index >= 15 is 0 Å². The van der Waals surface area contributed by atoms with Crippen molar-refractivity contribution >= 4 is 52.6 Å². The maximum atomic E-state index is 12.0. The van der Waals surface area contributed by atoms with Gasteiger partial charge in [0, 0.05) is 16.7 Å². The molecule has 2 aromatic carbocycles. The van der Waals surface area contributed by atoms with Crippen molar-refractivity contribution in [3.05, 3.63) is 67.1 Å². The molecule has 1 amide bonds. The Hall–Kier alpha value is -2.35. The highest BCUT2D eigenvalue weighted by Gasteiger charge is 2.16. The molecule has 0 spiro atoms. The number of nitrogens with zero attached hydrogens (tertiary/aromatic N) is 2. The first-order valence-corrected chi connectivity index (χ1v) is 8.30. The highest BCUT2D eigenvalue weighted by atomic mass is 35.5. The van der Waals surface area contributed by atoms with Gasteiger partial charge in [-0.25, -0.2) is 5.43 Å². The van der Waals surface area contributed by atoms with Crippen LogP contribution in [0.1, 0.15) is 12.5 Å². The van der Waals surface area contributed by atoms with Crippen molar-refractivity contribution in [2.45, 2.75) is 13.0 Å². The van der Waals surface area contributed by atoms with Crippen LogP contribution in [0, 0.1) is 10.1 Å². The van der Waals surface area contributed by atoms with Gasteiger partial charge < -0.3 is 4.74 Å². The number of hydrogen-bond acceptors (Lipinski definition) is 5. The van der Waals surface area contributed by atoms with Gasteiger partial charge in [-0.05, 0) is 31.2 Å². The van der Waals surface area contributed by atoms with Gasteiger partial charge in [0.15, 0.2) is 6.10 Å². The number of nitro benzene ring substituents is 1. The molecule has 2 rings (SSSR count). The van der Waals surface area contributed by atoms with Gasteiger partial charge in [-0.3, -0.25) is 14.9 Å². The zero-order chi connectivity index (χ0) is 19.3. The molecule has 0 aromatic heterocycles. The van der Waals surface area contributed by atoms with Crippen LogP contribution in [0.2, 0.25) is 15.1 Å². The summed E-state index contributed by atoms with van der Waals surface area (Å²) in [5.41, 5.74) is 2.42. The van der Waals surface area contributed by atoms with Gasteiger partial charge in [-0.1, -0.05) is 40.9 Å². The van der Waals surface area contributed by atoms with Gasteiger partial charge in [0.2, 0.25) is 0 Å². The average Bonchev–Trinajstić information content (AvgIpc) is 2.58. The van der Waals surface area contributed by atoms with E-state index in [0.29, 0.717) is 16.3 Å². The van der Waals surface area contributed by atoms with Crippen LogP contribution < -0.4 is 10.2 Å². The summed E-state index contributed by atoms with van der Waals surface area (Å²) in [5.74, 6) is -0.230. The van der Waals surface area contributed by atoms with Crippen molar-refractivity contribution < 1.29 is 14.5 Å². The smallest absolute Gasteiger partial charge is 0.288 e. The molecular weight excluding hydrogens is 405 g/mol. The molecule has 26 heavy (non-hydrogen) atoms. The summed E-state index contributed by atoms with van der Waals surface area (Å²) in [5, 5.41) is 15.3. The number of nitro groups is 1. The summed E-state index contributed by atoms with van der Waals surface area (Å²) in [7, 11) is 0. The lowest BCUT2D eigenvalue weighted by atomic mass is 10.2. The summed E-state index contributed by atoms with van der Waals surface area (Å²) in [6, 6.07) is 8.76. The Bertz CT molecular complexity index is 874. The van der Waals surface area contributed by atoms with E-state index in [9.17, 15) is 14.9 Å². The third kappa shape index (κ3) is 5.32. The van der Waals surface area contributed by atoms with Crippen molar-refractivity contribution in [2.24, 2.45) is 5.10 Å². The fraction of sp³-hybridized carbons (Fsp3) is 0.125. The summed E-state index contributed by atoms with van der Waals surface area (Å²) in [6.07, 6.45) is 0.369. The number of hydrogen-bond donors (Lipinski definition) is 1. The molecule has 0 aliphatic rings. The second-order valence-electron chi connectivity index (χ2n) is 5.04. The molecule has 7 nitrogen and oxygen atoms in total. The number of hydrazone groups is 1. The van der Waals surface area contributed by atoms with E-state index in [1.807, 2.05) is 0 Å². The summed E-state index contributed by atoms with van der Waals surface area (Å²) < 4.78 is 5.45. The molecule has 0 bridgehead atoms. The number of ether oxygens (including phenoxy) is 1. The van der Waals surface area contributed by atoms with Crippen LogP contribution in [-0.4, -0.2) is 23.1 Å². The van der Waals surface area contributed by atoms with Gasteiger partial charge in [0.25, 0.3) is 11.6 Å². The van der Waals surface area contributed by atoms with E-state index in [4.69, 9.17) is 39.5 Å². The van der Waals surface area contributed by atoms with Crippen molar-refractivity contribution in [3.63, 3.8) is 0 Å². The molecule has 0 saturated heterocycles. The summed E-state index contributed by atoms with van der Waals surface area (Å²) in [4.78, 5) is 22.2. The first-order valence-electron chi connectivity index (χ1n) is 7.16. The van der Waals surface area contributed by atoms with E-state index in [-0.39, 0.29) is 15.7 Å². The van der Waals surface area contributed by atoms with Gasteiger partial charge in [-0.2, -0.15) is 5.10 Å². The standard InChI is InChI=1S/C16H12Cl3N3O4/c1-9(26-15-5-3-11(17)7-13(15)19)16(23)21-20-8-10-2-4-12(18)14(6-10)22(24)25/h2-9H,1H3,(H,21,23). The normalized spacial score (nSPS) is 12.0. The van der Waals surface area contributed by atoms with Crippen molar-refractivity contribution in [3.8, 4) is 5.75 Å². The Morgan fingerprint density at radius 1 is 1.23 bits per heavy atom. The van der Waals surface area contributed by atoms with Crippen molar-refractivity contribution in [2.75, 3.05) is 0 Å². The van der Waals surface area contributed by atoms with Gasteiger partial charge in [0.1, 0.15) is 10.8 Å². The monoisotopic (exact) mass is 415 g/mol.